The SMILES string of the molecule is CCN(CC)S(=O)(=O)c1ccc(C(=O)OCC(N)=O)cc1. The van der Waals surface area contributed by atoms with Gasteiger partial charge in [0.15, 0.2) is 6.61 Å². The second-order valence-electron chi connectivity index (χ2n) is 4.16. The minimum absolute atomic E-state index is 0.0950. The number of carbonyl (C=O) groups is 2. The van der Waals surface area contributed by atoms with Gasteiger partial charge in [-0.2, -0.15) is 4.31 Å². The number of nitrogens with two attached hydrogens (primary N) is 1. The molecule has 21 heavy (non-hydrogen) atoms. The van der Waals surface area contributed by atoms with Crippen molar-refractivity contribution in [2.24, 2.45) is 5.73 Å². The fourth-order valence-electron chi connectivity index (χ4n) is 1.70. The summed E-state index contributed by atoms with van der Waals surface area (Å²) in [7, 11) is -3.56. The van der Waals surface area contributed by atoms with E-state index in [2.05, 4.69) is 4.74 Å². The topological polar surface area (TPSA) is 107 Å². The third-order valence-electron chi connectivity index (χ3n) is 2.78. The van der Waals surface area contributed by atoms with Crippen LogP contribution in [-0.2, 0) is 19.6 Å². The monoisotopic (exact) mass is 314 g/mol. The molecule has 0 saturated heterocycles. The van der Waals surface area contributed by atoms with Gasteiger partial charge >= 0.3 is 5.97 Å². The van der Waals surface area contributed by atoms with E-state index < -0.39 is 28.5 Å². The summed E-state index contributed by atoms with van der Waals surface area (Å²) in [5.41, 5.74) is 5.01. The predicted octanol–water partition coefficient (Wildman–Crippen LogP) is 0.359. The maximum atomic E-state index is 12.2. The van der Waals surface area contributed by atoms with Crippen LogP contribution in [0.15, 0.2) is 29.2 Å². The van der Waals surface area contributed by atoms with Gasteiger partial charge in [0, 0.05) is 13.1 Å². The first-order valence-corrected chi connectivity index (χ1v) is 7.82. The van der Waals surface area contributed by atoms with E-state index in [0.29, 0.717) is 13.1 Å². The number of rotatable bonds is 7. The average molecular weight is 314 g/mol. The maximum absolute atomic E-state index is 12.2. The van der Waals surface area contributed by atoms with Crippen molar-refractivity contribution in [3.63, 3.8) is 0 Å². The molecule has 0 spiro atoms. The molecule has 0 heterocycles. The highest BCUT2D eigenvalue weighted by atomic mass is 32.2. The number of hydrogen-bond acceptors (Lipinski definition) is 5. The molecule has 0 unspecified atom stereocenters. The second kappa shape index (κ2) is 7.19. The van der Waals surface area contributed by atoms with Crippen LogP contribution < -0.4 is 5.73 Å². The third kappa shape index (κ3) is 4.27. The number of carbonyl (C=O) groups excluding carboxylic acids is 2. The highest BCUT2D eigenvalue weighted by molar-refractivity contribution is 7.89. The minimum Gasteiger partial charge on any atom is -0.452 e. The van der Waals surface area contributed by atoms with Gasteiger partial charge in [-0.15, -0.1) is 0 Å². The summed E-state index contributed by atoms with van der Waals surface area (Å²) in [6, 6.07) is 5.32. The molecule has 1 aromatic carbocycles. The lowest BCUT2D eigenvalue weighted by Crippen LogP contribution is -2.30. The van der Waals surface area contributed by atoms with Gasteiger partial charge in [-0.25, -0.2) is 13.2 Å². The standard InChI is InChI=1S/C13H18N2O5S/c1-3-15(4-2)21(18,19)11-7-5-10(6-8-11)13(17)20-9-12(14)16/h5-8H,3-4,9H2,1-2H3,(H2,14,16). The molecule has 0 bridgehead atoms. The van der Waals surface area contributed by atoms with Gasteiger partial charge in [-0.1, -0.05) is 13.8 Å². The molecule has 0 aromatic heterocycles. The second-order valence-corrected chi connectivity index (χ2v) is 6.09. The number of hydrogen-bond donors (Lipinski definition) is 1. The largest absolute Gasteiger partial charge is 0.452 e. The molecular formula is C13H18N2O5S. The van der Waals surface area contributed by atoms with Crippen molar-refractivity contribution in [2.45, 2.75) is 18.7 Å². The van der Waals surface area contributed by atoms with Crippen molar-refractivity contribution >= 4 is 21.9 Å². The zero-order valence-corrected chi connectivity index (χ0v) is 12.7. The molecule has 0 saturated carbocycles. The molecule has 0 radical (unpaired) electrons. The van der Waals surface area contributed by atoms with Crippen molar-refractivity contribution in [3.05, 3.63) is 29.8 Å². The van der Waals surface area contributed by atoms with E-state index >= 15 is 0 Å². The van der Waals surface area contributed by atoms with E-state index in [1.54, 1.807) is 13.8 Å². The summed E-state index contributed by atoms with van der Waals surface area (Å²) < 4.78 is 30.4. The van der Waals surface area contributed by atoms with E-state index in [4.69, 9.17) is 5.73 Å². The molecule has 7 nitrogen and oxygen atoms in total. The summed E-state index contributed by atoms with van der Waals surface area (Å²) in [5, 5.41) is 0. The minimum atomic E-state index is -3.56. The van der Waals surface area contributed by atoms with Crippen LogP contribution in [0.2, 0.25) is 0 Å². The summed E-state index contributed by atoms with van der Waals surface area (Å²) in [4.78, 5) is 22.2. The van der Waals surface area contributed by atoms with Gasteiger partial charge in [-0.05, 0) is 24.3 Å². The Hall–Kier alpha value is -1.93. The molecule has 0 fully saturated rings. The fourth-order valence-corrected chi connectivity index (χ4v) is 3.15. The third-order valence-corrected chi connectivity index (χ3v) is 4.84. The lowest BCUT2D eigenvalue weighted by atomic mass is 10.2. The first-order chi connectivity index (χ1) is 9.82. The molecule has 0 aliphatic heterocycles. The Morgan fingerprint density at radius 1 is 1.14 bits per heavy atom. The Balaban J connectivity index is 2.92. The summed E-state index contributed by atoms with van der Waals surface area (Å²) in [5.74, 6) is -1.50. The molecule has 1 aromatic rings. The van der Waals surface area contributed by atoms with Gasteiger partial charge in [0.2, 0.25) is 10.0 Å². The molecular weight excluding hydrogens is 296 g/mol. The molecule has 1 amide bonds. The van der Waals surface area contributed by atoms with E-state index in [0.717, 1.165) is 0 Å². The van der Waals surface area contributed by atoms with Crippen molar-refractivity contribution in [1.82, 2.24) is 4.31 Å². The normalized spacial score (nSPS) is 11.4. The van der Waals surface area contributed by atoms with Crippen molar-refractivity contribution in [1.29, 1.82) is 0 Å². The van der Waals surface area contributed by atoms with E-state index in [-0.39, 0.29) is 10.5 Å². The van der Waals surface area contributed by atoms with E-state index in [1.165, 1.54) is 28.6 Å². The first-order valence-electron chi connectivity index (χ1n) is 6.38. The molecule has 116 valence electrons. The Bertz CT molecular complexity index is 606. The Kier molecular flexibility index (Phi) is 5.86. The zero-order valence-electron chi connectivity index (χ0n) is 11.9. The first kappa shape index (κ1) is 17.1. The molecule has 1 rings (SSSR count). The fraction of sp³-hybridized carbons (Fsp3) is 0.385. The molecule has 0 aliphatic carbocycles. The Morgan fingerprint density at radius 3 is 2.10 bits per heavy atom. The van der Waals surface area contributed by atoms with Crippen LogP contribution in [0.25, 0.3) is 0 Å². The number of sulfonamides is 1. The molecule has 0 atom stereocenters. The quantitative estimate of drug-likeness (QED) is 0.731. The summed E-state index contributed by atoms with van der Waals surface area (Å²) >= 11 is 0. The van der Waals surface area contributed by atoms with Crippen LogP contribution in [0.5, 0.6) is 0 Å². The number of primary amides is 1. The van der Waals surface area contributed by atoms with Crippen LogP contribution in [0.3, 0.4) is 0 Å². The lowest BCUT2D eigenvalue weighted by Gasteiger charge is -2.18. The van der Waals surface area contributed by atoms with Crippen molar-refractivity contribution in [2.75, 3.05) is 19.7 Å². The van der Waals surface area contributed by atoms with Crippen molar-refractivity contribution < 1.29 is 22.7 Å². The number of esters is 1. The Labute approximate surface area is 123 Å². The van der Waals surface area contributed by atoms with Gasteiger partial charge in [0.05, 0.1) is 10.5 Å². The number of amides is 1. The van der Waals surface area contributed by atoms with Gasteiger partial charge in [0.1, 0.15) is 0 Å². The summed E-state index contributed by atoms with van der Waals surface area (Å²) in [6.45, 7) is 3.70. The Morgan fingerprint density at radius 2 is 1.67 bits per heavy atom. The smallest absolute Gasteiger partial charge is 0.338 e. The number of nitrogens with zero attached hydrogens (tertiary/aromatic N) is 1. The van der Waals surface area contributed by atoms with Crippen LogP contribution in [-0.4, -0.2) is 44.3 Å². The van der Waals surface area contributed by atoms with E-state index in [1.807, 2.05) is 0 Å². The van der Waals surface area contributed by atoms with E-state index in [9.17, 15) is 18.0 Å². The zero-order chi connectivity index (χ0) is 16.0. The summed E-state index contributed by atoms with van der Waals surface area (Å²) in [6.07, 6.45) is 0. The van der Waals surface area contributed by atoms with Gasteiger partial charge < -0.3 is 10.5 Å². The highest BCUT2D eigenvalue weighted by Crippen LogP contribution is 2.16. The molecule has 8 heteroatoms. The number of ether oxygens (including phenoxy) is 1. The predicted molar refractivity (Wildman–Crippen MR) is 76.0 cm³/mol. The number of benzene rings is 1. The van der Waals surface area contributed by atoms with Gasteiger partial charge in [-0.3, -0.25) is 4.79 Å². The van der Waals surface area contributed by atoms with Crippen LogP contribution in [0.1, 0.15) is 24.2 Å². The van der Waals surface area contributed by atoms with Crippen molar-refractivity contribution in [3.8, 4) is 0 Å². The molecule has 0 aliphatic rings. The van der Waals surface area contributed by atoms with Crippen LogP contribution in [0.4, 0.5) is 0 Å². The van der Waals surface area contributed by atoms with Crippen LogP contribution >= 0.6 is 0 Å². The average Bonchev–Trinajstić information content (AvgIpc) is 2.45. The lowest BCUT2D eigenvalue weighted by molar-refractivity contribution is -0.121. The molecule has 2 N–H and O–H groups in total. The van der Waals surface area contributed by atoms with Gasteiger partial charge in [0.25, 0.3) is 5.91 Å². The van der Waals surface area contributed by atoms with Crippen LogP contribution in [0, 0.1) is 0 Å². The maximum Gasteiger partial charge on any atom is 0.338 e. The highest BCUT2D eigenvalue weighted by Gasteiger charge is 2.21.